The van der Waals surface area contributed by atoms with Crippen molar-refractivity contribution in [3.63, 3.8) is 0 Å². The van der Waals surface area contributed by atoms with Gasteiger partial charge in [-0.2, -0.15) is 17.0 Å². The van der Waals surface area contributed by atoms with Crippen LogP contribution in [0.25, 0.3) is 0 Å². The maximum absolute atomic E-state index is 12.8. The molecule has 120 valence electrons. The summed E-state index contributed by atoms with van der Waals surface area (Å²) in [4.78, 5) is 0. The van der Waals surface area contributed by atoms with Gasteiger partial charge in [-0.15, -0.1) is 0 Å². The van der Waals surface area contributed by atoms with Gasteiger partial charge in [0.15, 0.2) is 0 Å². The van der Waals surface area contributed by atoms with Gasteiger partial charge in [0.1, 0.15) is 0 Å². The molecule has 7 heteroatoms. The number of aliphatic hydroxyl groups excluding tert-OH is 1. The van der Waals surface area contributed by atoms with Crippen molar-refractivity contribution in [3.05, 3.63) is 0 Å². The van der Waals surface area contributed by atoms with Crippen LogP contribution in [0.2, 0.25) is 0 Å². The van der Waals surface area contributed by atoms with Crippen LogP contribution in [0.3, 0.4) is 0 Å². The van der Waals surface area contributed by atoms with Crippen LogP contribution in [-0.2, 0) is 14.9 Å². The molecule has 0 aromatic rings. The molecule has 1 aliphatic heterocycles. The summed E-state index contributed by atoms with van der Waals surface area (Å²) in [5.41, 5.74) is -0.336. The third-order valence-electron chi connectivity index (χ3n) is 3.82. The van der Waals surface area contributed by atoms with Gasteiger partial charge in [-0.3, -0.25) is 0 Å². The van der Waals surface area contributed by atoms with E-state index in [1.807, 2.05) is 34.6 Å². The Labute approximate surface area is 122 Å². The SMILES string of the molecule is CC1CN(S(=O)(=O)N(C)C(CO)C(C)(C)C)C(C)CO1. The number of nitrogens with zero attached hydrogens (tertiary/aromatic N) is 2. The zero-order valence-electron chi connectivity index (χ0n) is 13.3. The second-order valence-corrected chi connectivity index (χ2v) is 8.59. The van der Waals surface area contributed by atoms with Crippen molar-refractivity contribution in [1.29, 1.82) is 0 Å². The Hall–Kier alpha value is -0.210. The zero-order chi connectivity index (χ0) is 15.7. The van der Waals surface area contributed by atoms with Crippen LogP contribution in [0, 0.1) is 5.41 Å². The van der Waals surface area contributed by atoms with E-state index in [-0.39, 0.29) is 24.2 Å². The topological polar surface area (TPSA) is 70.1 Å². The number of likely N-dealkylation sites (N-methyl/N-ethyl adjacent to an activating group) is 1. The molecule has 3 atom stereocenters. The highest BCUT2D eigenvalue weighted by molar-refractivity contribution is 7.86. The van der Waals surface area contributed by atoms with E-state index in [0.717, 1.165) is 0 Å². The Bertz CT molecular complexity index is 419. The van der Waals surface area contributed by atoms with Gasteiger partial charge in [-0.05, 0) is 19.3 Å². The predicted molar refractivity (Wildman–Crippen MR) is 78.6 cm³/mol. The van der Waals surface area contributed by atoms with Gasteiger partial charge in [0.2, 0.25) is 0 Å². The highest BCUT2D eigenvalue weighted by atomic mass is 32.2. The van der Waals surface area contributed by atoms with Crippen LogP contribution in [0.5, 0.6) is 0 Å². The molecule has 0 spiro atoms. The van der Waals surface area contributed by atoms with Crippen molar-refractivity contribution >= 4 is 10.2 Å². The summed E-state index contributed by atoms with van der Waals surface area (Å²) in [7, 11) is -2.08. The van der Waals surface area contributed by atoms with E-state index < -0.39 is 16.3 Å². The number of ether oxygens (including phenoxy) is 1. The quantitative estimate of drug-likeness (QED) is 0.829. The first kappa shape index (κ1) is 17.8. The maximum Gasteiger partial charge on any atom is 0.282 e. The summed E-state index contributed by atoms with van der Waals surface area (Å²) in [6, 6.07) is -0.657. The Balaban J connectivity index is 3.02. The fourth-order valence-electron chi connectivity index (χ4n) is 2.45. The van der Waals surface area contributed by atoms with Gasteiger partial charge < -0.3 is 9.84 Å². The van der Waals surface area contributed by atoms with E-state index >= 15 is 0 Å². The Morgan fingerprint density at radius 1 is 1.40 bits per heavy atom. The van der Waals surface area contributed by atoms with Gasteiger partial charge in [0.05, 0.1) is 25.4 Å². The van der Waals surface area contributed by atoms with Gasteiger partial charge in [-0.1, -0.05) is 20.8 Å². The average Bonchev–Trinajstić information content (AvgIpc) is 2.31. The summed E-state index contributed by atoms with van der Waals surface area (Å²) in [5, 5.41) is 9.56. The molecule has 1 rings (SSSR count). The van der Waals surface area contributed by atoms with Crippen LogP contribution in [-0.4, -0.2) is 67.1 Å². The standard InChI is InChI=1S/C13H28N2O4S/c1-10-9-19-11(2)7-15(10)20(17,18)14(6)12(8-16)13(3,4)5/h10-12,16H,7-9H2,1-6H3. The normalized spacial score (nSPS) is 27.8. The van der Waals surface area contributed by atoms with Gasteiger partial charge in [0.25, 0.3) is 10.2 Å². The molecule has 0 saturated carbocycles. The van der Waals surface area contributed by atoms with E-state index in [0.29, 0.717) is 13.2 Å². The summed E-state index contributed by atoms with van der Waals surface area (Å²) in [6.07, 6.45) is -0.114. The molecule has 0 aliphatic carbocycles. The summed E-state index contributed by atoms with van der Waals surface area (Å²) >= 11 is 0. The van der Waals surface area contributed by atoms with Crippen molar-refractivity contribution in [2.45, 2.75) is 52.8 Å². The smallest absolute Gasteiger partial charge is 0.282 e. The largest absolute Gasteiger partial charge is 0.395 e. The molecule has 0 amide bonds. The molecule has 1 heterocycles. The minimum Gasteiger partial charge on any atom is -0.395 e. The molecule has 1 saturated heterocycles. The van der Waals surface area contributed by atoms with Gasteiger partial charge in [0, 0.05) is 19.6 Å². The summed E-state index contributed by atoms with van der Waals surface area (Å²) in [6.45, 7) is 10.0. The molecule has 3 unspecified atom stereocenters. The highest BCUT2D eigenvalue weighted by Crippen LogP contribution is 2.28. The maximum atomic E-state index is 12.8. The lowest BCUT2D eigenvalue weighted by molar-refractivity contribution is -0.0204. The molecule has 1 aliphatic rings. The molecule has 1 fully saturated rings. The van der Waals surface area contributed by atoms with Crippen molar-refractivity contribution in [3.8, 4) is 0 Å². The Morgan fingerprint density at radius 3 is 2.40 bits per heavy atom. The van der Waals surface area contributed by atoms with Crippen LogP contribution < -0.4 is 0 Å². The highest BCUT2D eigenvalue weighted by Gasteiger charge is 2.41. The molecule has 0 aromatic carbocycles. The first-order chi connectivity index (χ1) is 9.01. The van der Waals surface area contributed by atoms with E-state index in [4.69, 9.17) is 4.74 Å². The molecule has 0 bridgehead atoms. The van der Waals surface area contributed by atoms with E-state index in [9.17, 15) is 13.5 Å². The Kier molecular flexibility index (Phi) is 5.60. The minimum absolute atomic E-state index is 0.114. The van der Waals surface area contributed by atoms with Gasteiger partial charge in [-0.25, -0.2) is 0 Å². The molecular weight excluding hydrogens is 280 g/mol. The number of hydrogen-bond donors (Lipinski definition) is 1. The zero-order valence-corrected chi connectivity index (χ0v) is 14.1. The number of rotatable bonds is 4. The molecule has 1 N–H and O–H groups in total. The van der Waals surface area contributed by atoms with E-state index in [1.165, 1.54) is 15.7 Å². The molecule has 0 radical (unpaired) electrons. The lowest BCUT2D eigenvalue weighted by Crippen LogP contribution is -2.58. The average molecular weight is 308 g/mol. The number of aliphatic hydroxyl groups is 1. The number of hydrogen-bond acceptors (Lipinski definition) is 4. The van der Waals surface area contributed by atoms with E-state index in [1.54, 1.807) is 0 Å². The fraction of sp³-hybridized carbons (Fsp3) is 1.00. The summed E-state index contributed by atoms with van der Waals surface area (Å²) < 4.78 is 33.8. The minimum atomic E-state index is -3.61. The Morgan fingerprint density at radius 2 is 1.95 bits per heavy atom. The van der Waals surface area contributed by atoms with Crippen LogP contribution >= 0.6 is 0 Å². The lowest BCUT2D eigenvalue weighted by atomic mass is 9.87. The molecule has 6 nitrogen and oxygen atoms in total. The number of morpholine rings is 1. The predicted octanol–water partition coefficient (Wildman–Crippen LogP) is 0.679. The van der Waals surface area contributed by atoms with Crippen LogP contribution in [0.4, 0.5) is 0 Å². The van der Waals surface area contributed by atoms with Crippen LogP contribution in [0.15, 0.2) is 0 Å². The van der Waals surface area contributed by atoms with Crippen molar-refractivity contribution in [2.75, 3.05) is 26.8 Å². The fourth-order valence-corrected chi connectivity index (χ4v) is 4.40. The molecule has 0 aromatic heterocycles. The third kappa shape index (κ3) is 3.71. The first-order valence-corrected chi connectivity index (χ1v) is 8.38. The van der Waals surface area contributed by atoms with E-state index in [2.05, 4.69) is 0 Å². The second-order valence-electron chi connectivity index (χ2n) is 6.65. The van der Waals surface area contributed by atoms with Crippen molar-refractivity contribution < 1.29 is 18.3 Å². The third-order valence-corrected chi connectivity index (χ3v) is 5.91. The van der Waals surface area contributed by atoms with Crippen molar-refractivity contribution in [1.82, 2.24) is 8.61 Å². The summed E-state index contributed by atoms with van der Waals surface area (Å²) in [5.74, 6) is 0. The first-order valence-electron chi connectivity index (χ1n) is 6.99. The van der Waals surface area contributed by atoms with Crippen LogP contribution in [0.1, 0.15) is 34.6 Å². The second kappa shape index (κ2) is 6.27. The monoisotopic (exact) mass is 308 g/mol. The van der Waals surface area contributed by atoms with Gasteiger partial charge >= 0.3 is 0 Å². The lowest BCUT2D eigenvalue weighted by Gasteiger charge is -2.42. The molecular formula is C13H28N2O4S. The molecule has 20 heavy (non-hydrogen) atoms. The van der Waals surface area contributed by atoms with Crippen molar-refractivity contribution in [2.24, 2.45) is 5.41 Å².